The number of anilines is 2. The monoisotopic (exact) mass is 554 g/mol. The summed E-state index contributed by atoms with van der Waals surface area (Å²) in [6.45, 7) is -0.233. The lowest BCUT2D eigenvalue weighted by Gasteiger charge is -2.11. The summed E-state index contributed by atoms with van der Waals surface area (Å²) < 4.78 is 31.3. The average Bonchev–Trinajstić information content (AvgIpc) is 3.51. The van der Waals surface area contributed by atoms with Gasteiger partial charge in [-0.05, 0) is 48.5 Å². The van der Waals surface area contributed by atoms with Gasteiger partial charge in [-0.3, -0.25) is 14.8 Å². The van der Waals surface area contributed by atoms with E-state index < -0.39 is 15.9 Å². The number of nitrogens with one attached hydrogen (secondary N) is 2. The number of aromatic nitrogens is 5. The predicted molar refractivity (Wildman–Crippen MR) is 143 cm³/mol. The molecule has 3 heterocycles. The Bertz CT molecular complexity index is 1700. The van der Waals surface area contributed by atoms with Crippen molar-refractivity contribution in [3.63, 3.8) is 0 Å². The van der Waals surface area contributed by atoms with Crippen molar-refractivity contribution in [2.75, 3.05) is 18.2 Å². The molecule has 11 nitrogen and oxygen atoms in total. The third-order valence-corrected chi connectivity index (χ3v) is 7.08. The highest BCUT2D eigenvalue weighted by Crippen LogP contribution is 2.38. The summed E-state index contributed by atoms with van der Waals surface area (Å²) in [5.41, 5.74) is 1.79. The Morgan fingerprint density at radius 1 is 1.18 bits per heavy atom. The molecular formula is C25H23ClN6O5S. The van der Waals surface area contributed by atoms with Crippen LogP contribution in [0.4, 0.5) is 11.6 Å². The zero-order chi connectivity index (χ0) is 26.9. The number of aromatic amines is 1. The Labute approximate surface area is 222 Å². The van der Waals surface area contributed by atoms with Crippen molar-refractivity contribution in [1.82, 2.24) is 25.0 Å². The van der Waals surface area contributed by atoms with Gasteiger partial charge in [-0.15, -0.1) is 0 Å². The summed E-state index contributed by atoms with van der Waals surface area (Å²) in [4.78, 5) is 4.60. The maximum absolute atomic E-state index is 11.8. The van der Waals surface area contributed by atoms with Gasteiger partial charge in [-0.2, -0.15) is 10.2 Å². The van der Waals surface area contributed by atoms with Gasteiger partial charge in [-0.25, -0.2) is 8.42 Å². The van der Waals surface area contributed by atoms with E-state index in [0.29, 0.717) is 50.3 Å². The molecule has 1 unspecified atom stereocenters. The van der Waals surface area contributed by atoms with Gasteiger partial charge in [0.1, 0.15) is 11.3 Å². The number of benzene rings is 2. The molecule has 0 amide bonds. The number of fused-ring (bicyclic) bond motifs is 1. The van der Waals surface area contributed by atoms with E-state index in [1.165, 1.54) is 16.8 Å². The Morgan fingerprint density at radius 3 is 2.68 bits per heavy atom. The maximum atomic E-state index is 11.8. The van der Waals surface area contributed by atoms with Gasteiger partial charge < -0.3 is 20.3 Å². The summed E-state index contributed by atoms with van der Waals surface area (Å²) >= 11 is 6.43. The number of hydrogen-bond donors (Lipinski definition) is 4. The standard InChI is InChI=1S/C25H23ClN6O5S/c1-38(35,36)18-6-4-17(5-7-18)37-21-12-15(23-20(26)3-2-9-27-23)11-19-24(21)29-30-25(19)28-22-8-10-32(31-22)13-16(34)14-33/h2-12,16,33-34H,13-14H2,1H3,(H2,28,29,30,31). The third kappa shape index (κ3) is 5.48. The fourth-order valence-corrected chi connectivity index (χ4v) is 4.67. The molecule has 0 spiro atoms. The van der Waals surface area contributed by atoms with Gasteiger partial charge in [0.2, 0.25) is 0 Å². The molecule has 196 valence electrons. The van der Waals surface area contributed by atoms with E-state index in [1.807, 2.05) is 6.07 Å². The zero-order valence-electron chi connectivity index (χ0n) is 20.0. The first kappa shape index (κ1) is 25.7. The molecule has 0 radical (unpaired) electrons. The Balaban J connectivity index is 1.54. The highest BCUT2D eigenvalue weighted by atomic mass is 35.5. The second-order valence-electron chi connectivity index (χ2n) is 8.53. The fourth-order valence-electron chi connectivity index (χ4n) is 3.81. The van der Waals surface area contributed by atoms with Crippen LogP contribution in [-0.4, -0.2) is 62.6 Å². The first-order valence-corrected chi connectivity index (χ1v) is 13.7. The minimum absolute atomic E-state index is 0.137. The van der Waals surface area contributed by atoms with Gasteiger partial charge in [0, 0.05) is 35.7 Å². The van der Waals surface area contributed by atoms with Crippen molar-refractivity contribution in [1.29, 1.82) is 0 Å². The van der Waals surface area contributed by atoms with Crippen LogP contribution in [0.25, 0.3) is 22.2 Å². The van der Waals surface area contributed by atoms with E-state index in [9.17, 15) is 13.5 Å². The molecule has 4 N–H and O–H groups in total. The van der Waals surface area contributed by atoms with E-state index in [1.54, 1.807) is 48.8 Å². The first-order chi connectivity index (χ1) is 18.2. The van der Waals surface area contributed by atoms with Crippen LogP contribution >= 0.6 is 11.6 Å². The molecule has 5 aromatic rings. The molecular weight excluding hydrogens is 532 g/mol. The van der Waals surface area contributed by atoms with Crippen LogP contribution in [0.3, 0.4) is 0 Å². The molecule has 0 aliphatic carbocycles. The molecule has 0 aliphatic rings. The molecule has 0 bridgehead atoms. The van der Waals surface area contributed by atoms with E-state index in [4.69, 9.17) is 21.4 Å². The highest BCUT2D eigenvalue weighted by Gasteiger charge is 2.17. The molecule has 38 heavy (non-hydrogen) atoms. The molecule has 5 rings (SSSR count). The Hall–Kier alpha value is -3.97. The normalized spacial score (nSPS) is 12.5. The van der Waals surface area contributed by atoms with Crippen LogP contribution in [0.2, 0.25) is 5.02 Å². The topological polar surface area (TPSA) is 155 Å². The smallest absolute Gasteiger partial charge is 0.175 e. The second-order valence-corrected chi connectivity index (χ2v) is 11.0. The lowest BCUT2D eigenvalue weighted by molar-refractivity contribution is 0.0783. The number of pyridine rings is 1. The Kier molecular flexibility index (Phi) is 7.04. The van der Waals surface area contributed by atoms with Gasteiger partial charge in [0.25, 0.3) is 0 Å². The van der Waals surface area contributed by atoms with Crippen molar-refractivity contribution in [2.24, 2.45) is 0 Å². The second kappa shape index (κ2) is 10.4. The van der Waals surface area contributed by atoms with Crippen molar-refractivity contribution >= 4 is 44.0 Å². The number of ether oxygens (including phenoxy) is 1. The molecule has 1 atom stereocenters. The summed E-state index contributed by atoms with van der Waals surface area (Å²) in [6.07, 6.45) is 3.52. The number of nitrogens with zero attached hydrogens (tertiary/aromatic N) is 4. The van der Waals surface area contributed by atoms with Crippen molar-refractivity contribution < 1.29 is 23.4 Å². The number of aliphatic hydroxyl groups excluding tert-OH is 2. The van der Waals surface area contributed by atoms with Crippen LogP contribution in [0.5, 0.6) is 11.5 Å². The SMILES string of the molecule is CS(=O)(=O)c1ccc(Oc2cc(-c3ncccc3Cl)cc3c(Nc4ccn(CC(O)CO)n4)n[nH]c23)cc1. The van der Waals surface area contributed by atoms with E-state index in [-0.39, 0.29) is 18.0 Å². The molecule has 2 aromatic carbocycles. The average molecular weight is 555 g/mol. The number of halogens is 1. The maximum Gasteiger partial charge on any atom is 0.175 e. The first-order valence-electron chi connectivity index (χ1n) is 11.4. The van der Waals surface area contributed by atoms with Crippen LogP contribution in [0, 0.1) is 0 Å². The molecule has 0 saturated heterocycles. The lowest BCUT2D eigenvalue weighted by atomic mass is 10.1. The van der Waals surface area contributed by atoms with Crippen LogP contribution in [0.15, 0.2) is 71.9 Å². The van der Waals surface area contributed by atoms with E-state index in [2.05, 4.69) is 25.6 Å². The van der Waals surface area contributed by atoms with Gasteiger partial charge in [0.15, 0.2) is 27.2 Å². The molecule has 0 fully saturated rings. The molecule has 3 aromatic heterocycles. The number of rotatable bonds is 9. The fraction of sp³-hybridized carbons (Fsp3) is 0.160. The minimum Gasteiger partial charge on any atom is -0.455 e. The van der Waals surface area contributed by atoms with E-state index in [0.717, 1.165) is 6.26 Å². The van der Waals surface area contributed by atoms with Crippen LogP contribution in [-0.2, 0) is 16.4 Å². The van der Waals surface area contributed by atoms with Crippen LogP contribution < -0.4 is 10.1 Å². The summed E-state index contributed by atoms with van der Waals surface area (Å²) in [5.74, 6) is 1.78. The van der Waals surface area contributed by atoms with Gasteiger partial charge in [-0.1, -0.05) is 11.6 Å². The van der Waals surface area contributed by atoms with Crippen molar-refractivity contribution in [2.45, 2.75) is 17.5 Å². The predicted octanol–water partition coefficient (Wildman–Crippen LogP) is 3.77. The minimum atomic E-state index is -3.34. The van der Waals surface area contributed by atoms with Gasteiger partial charge in [0.05, 0.1) is 34.9 Å². The highest BCUT2D eigenvalue weighted by molar-refractivity contribution is 7.90. The van der Waals surface area contributed by atoms with Crippen LogP contribution in [0.1, 0.15) is 0 Å². The summed E-state index contributed by atoms with van der Waals surface area (Å²) in [5, 5.41) is 34.8. The summed E-state index contributed by atoms with van der Waals surface area (Å²) in [6, 6.07) is 14.9. The number of hydrogen-bond acceptors (Lipinski definition) is 9. The number of sulfone groups is 1. The van der Waals surface area contributed by atoms with Crippen molar-refractivity contribution in [3.05, 3.63) is 72.0 Å². The van der Waals surface area contributed by atoms with Gasteiger partial charge >= 0.3 is 0 Å². The molecule has 0 saturated carbocycles. The molecule has 0 aliphatic heterocycles. The Morgan fingerprint density at radius 2 is 1.97 bits per heavy atom. The van der Waals surface area contributed by atoms with Crippen molar-refractivity contribution in [3.8, 4) is 22.8 Å². The largest absolute Gasteiger partial charge is 0.455 e. The quantitative estimate of drug-likeness (QED) is 0.213. The van der Waals surface area contributed by atoms with E-state index >= 15 is 0 Å². The molecule has 13 heteroatoms. The zero-order valence-corrected chi connectivity index (χ0v) is 21.6. The third-order valence-electron chi connectivity index (χ3n) is 5.64. The number of aliphatic hydroxyl groups is 2. The number of H-pyrrole nitrogens is 1. The summed E-state index contributed by atoms with van der Waals surface area (Å²) in [7, 11) is -3.34. The lowest BCUT2D eigenvalue weighted by Crippen LogP contribution is -2.20.